The van der Waals surface area contributed by atoms with Crippen LogP contribution in [0.15, 0.2) is 24.3 Å². The highest BCUT2D eigenvalue weighted by Gasteiger charge is 2.06. The molecule has 0 saturated carbocycles. The fourth-order valence-corrected chi connectivity index (χ4v) is 4.53. The third-order valence-corrected chi connectivity index (χ3v) is 6.87. The van der Waals surface area contributed by atoms with E-state index in [1.807, 2.05) is 0 Å². The van der Waals surface area contributed by atoms with E-state index >= 15 is 0 Å². The van der Waals surface area contributed by atoms with Crippen molar-refractivity contribution in [2.75, 3.05) is 0 Å². The van der Waals surface area contributed by atoms with Crippen molar-refractivity contribution in [1.29, 1.82) is 0 Å². The molecule has 33 heavy (non-hydrogen) atoms. The van der Waals surface area contributed by atoms with Gasteiger partial charge in [0.2, 0.25) is 0 Å². The molecule has 1 heteroatoms. The van der Waals surface area contributed by atoms with Gasteiger partial charge in [0, 0.05) is 5.92 Å². The van der Waals surface area contributed by atoms with Gasteiger partial charge in [0.15, 0.2) is 0 Å². The molecule has 1 unspecified atom stereocenters. The van der Waals surface area contributed by atoms with E-state index in [0.717, 1.165) is 12.8 Å². The normalized spacial score (nSPS) is 12.8. The second-order valence-corrected chi connectivity index (χ2v) is 10.2. The summed E-state index contributed by atoms with van der Waals surface area (Å²) in [5.74, 6) is 0.315. The van der Waals surface area contributed by atoms with Crippen molar-refractivity contribution in [3.8, 4) is 0 Å². The summed E-state index contributed by atoms with van der Waals surface area (Å²) in [6.45, 7) is 4.54. The maximum Gasteiger partial charge on any atom is 0.123 e. The van der Waals surface area contributed by atoms with Gasteiger partial charge in [-0.2, -0.15) is 0 Å². The molecule has 0 aromatic carbocycles. The summed E-state index contributed by atoms with van der Waals surface area (Å²) in [7, 11) is 0. The first-order valence-corrected chi connectivity index (χ1v) is 15.1. The molecule has 0 bridgehead atoms. The zero-order valence-electron chi connectivity index (χ0n) is 22.8. The average molecular weight is 461 g/mol. The fourth-order valence-electron chi connectivity index (χ4n) is 4.53. The molecule has 0 aliphatic rings. The summed E-state index contributed by atoms with van der Waals surface area (Å²) in [6, 6.07) is 0. The van der Waals surface area contributed by atoms with Gasteiger partial charge in [-0.25, -0.2) is 0 Å². The van der Waals surface area contributed by atoms with E-state index in [9.17, 15) is 4.79 Å². The van der Waals surface area contributed by atoms with Gasteiger partial charge in [0.05, 0.1) is 0 Å². The number of unbranched alkanes of at least 4 members (excludes halogenated alkanes) is 18. The van der Waals surface area contributed by atoms with E-state index in [-0.39, 0.29) is 0 Å². The zero-order chi connectivity index (χ0) is 24.1. The SMILES string of the molecule is CCCCCCC=CCCCCCCCCC(C=O)CCCCCCC=CCCCCCC. The van der Waals surface area contributed by atoms with Crippen LogP contribution >= 0.6 is 0 Å². The lowest BCUT2D eigenvalue weighted by Crippen LogP contribution is -2.02. The van der Waals surface area contributed by atoms with E-state index in [1.165, 1.54) is 148 Å². The van der Waals surface area contributed by atoms with Crippen molar-refractivity contribution in [3.05, 3.63) is 24.3 Å². The molecule has 0 aliphatic carbocycles. The van der Waals surface area contributed by atoms with Crippen LogP contribution in [0.25, 0.3) is 0 Å². The first kappa shape index (κ1) is 32.1. The van der Waals surface area contributed by atoms with E-state index in [0.29, 0.717) is 5.92 Å². The third kappa shape index (κ3) is 27.3. The lowest BCUT2D eigenvalue weighted by molar-refractivity contribution is -0.111. The number of carbonyl (C=O) groups excluding carboxylic acids is 1. The Morgan fingerprint density at radius 2 is 0.727 bits per heavy atom. The second kappa shape index (κ2) is 29.2. The molecule has 0 spiro atoms. The van der Waals surface area contributed by atoms with Gasteiger partial charge < -0.3 is 4.79 Å². The standard InChI is InChI=1S/C32H60O/c1-3-5-7-9-11-13-15-17-18-20-22-24-26-28-30-32(31-33)29-27-25-23-21-19-16-14-12-10-8-6-4-2/h13-16,31-32H,3-12,17-30H2,1-2H3. The van der Waals surface area contributed by atoms with Crippen molar-refractivity contribution >= 4 is 6.29 Å². The van der Waals surface area contributed by atoms with Gasteiger partial charge in [0.25, 0.3) is 0 Å². The van der Waals surface area contributed by atoms with Crippen molar-refractivity contribution in [2.45, 2.75) is 168 Å². The molecule has 0 amide bonds. The summed E-state index contributed by atoms with van der Waals surface area (Å²) >= 11 is 0. The molecule has 1 atom stereocenters. The van der Waals surface area contributed by atoms with Crippen LogP contribution < -0.4 is 0 Å². The van der Waals surface area contributed by atoms with E-state index in [1.54, 1.807) is 0 Å². The van der Waals surface area contributed by atoms with E-state index in [2.05, 4.69) is 38.2 Å². The maximum absolute atomic E-state index is 11.4. The average Bonchev–Trinajstić information content (AvgIpc) is 2.83. The second-order valence-electron chi connectivity index (χ2n) is 10.2. The first-order valence-electron chi connectivity index (χ1n) is 15.1. The van der Waals surface area contributed by atoms with Gasteiger partial charge in [-0.15, -0.1) is 0 Å². The molecule has 0 saturated heterocycles. The van der Waals surface area contributed by atoms with Gasteiger partial charge in [-0.05, 0) is 64.2 Å². The Hall–Kier alpha value is -0.850. The third-order valence-electron chi connectivity index (χ3n) is 6.87. The minimum atomic E-state index is 0.315. The molecule has 0 aromatic rings. The van der Waals surface area contributed by atoms with E-state index < -0.39 is 0 Å². The van der Waals surface area contributed by atoms with Crippen LogP contribution in [-0.2, 0) is 4.79 Å². The zero-order valence-corrected chi connectivity index (χ0v) is 22.8. The van der Waals surface area contributed by atoms with E-state index in [4.69, 9.17) is 0 Å². The highest BCUT2D eigenvalue weighted by molar-refractivity contribution is 5.53. The van der Waals surface area contributed by atoms with Crippen LogP contribution in [0.1, 0.15) is 168 Å². The summed E-state index contributed by atoms with van der Waals surface area (Å²) in [5.41, 5.74) is 0. The molecular weight excluding hydrogens is 400 g/mol. The fraction of sp³-hybridized carbons (Fsp3) is 0.844. The highest BCUT2D eigenvalue weighted by atomic mass is 16.1. The topological polar surface area (TPSA) is 17.1 Å². The Morgan fingerprint density at radius 1 is 0.424 bits per heavy atom. The van der Waals surface area contributed by atoms with Crippen molar-refractivity contribution in [2.24, 2.45) is 5.92 Å². The monoisotopic (exact) mass is 460 g/mol. The molecule has 0 radical (unpaired) electrons. The molecule has 0 heterocycles. The largest absolute Gasteiger partial charge is 0.303 e. The quantitative estimate of drug-likeness (QED) is 0.0676. The molecular formula is C32H60O. The minimum Gasteiger partial charge on any atom is -0.303 e. The molecule has 0 fully saturated rings. The summed E-state index contributed by atoms with van der Waals surface area (Å²) in [4.78, 5) is 11.4. The molecule has 0 N–H and O–H groups in total. The predicted octanol–water partition coefficient (Wildman–Crippen LogP) is 11.3. The maximum atomic E-state index is 11.4. The first-order chi connectivity index (χ1) is 16.3. The number of carbonyl (C=O) groups is 1. The van der Waals surface area contributed by atoms with Crippen molar-refractivity contribution < 1.29 is 4.79 Å². The van der Waals surface area contributed by atoms with Crippen molar-refractivity contribution in [3.63, 3.8) is 0 Å². The lowest BCUT2D eigenvalue weighted by atomic mass is 9.95. The van der Waals surface area contributed by atoms with Crippen LogP contribution in [0.3, 0.4) is 0 Å². The Kier molecular flexibility index (Phi) is 28.4. The van der Waals surface area contributed by atoms with Gasteiger partial charge in [-0.3, -0.25) is 0 Å². The van der Waals surface area contributed by atoms with Gasteiger partial charge in [-0.1, -0.05) is 128 Å². The van der Waals surface area contributed by atoms with Crippen LogP contribution in [0.4, 0.5) is 0 Å². The Bertz CT molecular complexity index is 422. The minimum absolute atomic E-state index is 0.315. The number of rotatable bonds is 27. The summed E-state index contributed by atoms with van der Waals surface area (Å²) in [6.07, 6.45) is 42.1. The molecule has 0 rings (SSSR count). The number of hydrogen-bond acceptors (Lipinski definition) is 1. The number of hydrogen-bond donors (Lipinski definition) is 0. The predicted molar refractivity (Wildman–Crippen MR) is 150 cm³/mol. The van der Waals surface area contributed by atoms with Crippen LogP contribution in [0, 0.1) is 5.92 Å². The van der Waals surface area contributed by atoms with Crippen LogP contribution in [0.5, 0.6) is 0 Å². The summed E-state index contributed by atoms with van der Waals surface area (Å²) in [5, 5.41) is 0. The summed E-state index contributed by atoms with van der Waals surface area (Å²) < 4.78 is 0. The number of allylic oxidation sites excluding steroid dienone is 4. The van der Waals surface area contributed by atoms with Crippen molar-refractivity contribution in [1.82, 2.24) is 0 Å². The molecule has 1 nitrogen and oxygen atoms in total. The van der Waals surface area contributed by atoms with Gasteiger partial charge in [0.1, 0.15) is 6.29 Å². The number of aldehydes is 1. The Balaban J connectivity index is 3.37. The van der Waals surface area contributed by atoms with Crippen LogP contribution in [-0.4, -0.2) is 6.29 Å². The smallest absolute Gasteiger partial charge is 0.123 e. The molecule has 0 aromatic heterocycles. The molecule has 0 aliphatic heterocycles. The van der Waals surface area contributed by atoms with Crippen LogP contribution in [0.2, 0.25) is 0 Å². The highest BCUT2D eigenvalue weighted by Crippen LogP contribution is 2.18. The Labute approximate surface area is 209 Å². The van der Waals surface area contributed by atoms with Gasteiger partial charge >= 0.3 is 0 Å². The Morgan fingerprint density at radius 3 is 1.06 bits per heavy atom. The molecule has 194 valence electrons. The lowest BCUT2D eigenvalue weighted by Gasteiger charge is -2.10.